The number of aromatic hydroxyl groups is 3. The van der Waals surface area contributed by atoms with Crippen LogP contribution in [0.1, 0.15) is 5.56 Å². The van der Waals surface area contributed by atoms with Gasteiger partial charge in [-0.1, -0.05) is 6.07 Å². The summed E-state index contributed by atoms with van der Waals surface area (Å²) in [6, 6.07) is 6.64. The average molecular weight is 329 g/mol. The molecule has 7 heteroatoms. The van der Waals surface area contributed by atoms with E-state index in [9.17, 15) is 15.3 Å². The van der Waals surface area contributed by atoms with Crippen LogP contribution in [0.3, 0.4) is 0 Å². The predicted octanol–water partition coefficient (Wildman–Crippen LogP) is 2.81. The fraction of sp³-hybridized carbons (Fsp3) is 0.125. The number of aromatic nitrogens is 2. The second-order valence-electron chi connectivity index (χ2n) is 5.10. The van der Waals surface area contributed by atoms with Crippen LogP contribution in [-0.4, -0.2) is 24.9 Å². The molecule has 0 radical (unpaired) electrons. The number of benzene rings is 1. The third-order valence-corrected chi connectivity index (χ3v) is 4.35. The van der Waals surface area contributed by atoms with Crippen molar-refractivity contribution in [3.8, 4) is 28.5 Å². The molecule has 3 rings (SSSR count). The van der Waals surface area contributed by atoms with Crippen molar-refractivity contribution in [3.05, 3.63) is 46.2 Å². The first-order chi connectivity index (χ1) is 11.0. The van der Waals surface area contributed by atoms with Crippen molar-refractivity contribution in [1.29, 1.82) is 0 Å². The molecule has 23 heavy (non-hydrogen) atoms. The fourth-order valence-corrected chi connectivity index (χ4v) is 3.02. The summed E-state index contributed by atoms with van der Waals surface area (Å²) in [4.78, 5) is 9.42. The van der Waals surface area contributed by atoms with Crippen LogP contribution in [0.2, 0.25) is 0 Å². The Morgan fingerprint density at radius 3 is 2.57 bits per heavy atom. The lowest BCUT2D eigenvalue weighted by Gasteiger charge is -2.08. The van der Waals surface area contributed by atoms with Crippen molar-refractivity contribution in [2.24, 2.45) is 12.0 Å². The highest BCUT2D eigenvalue weighted by Gasteiger charge is 2.15. The minimum Gasteiger partial charge on any atom is -0.504 e. The van der Waals surface area contributed by atoms with Crippen LogP contribution in [0, 0.1) is 6.92 Å². The summed E-state index contributed by atoms with van der Waals surface area (Å²) in [5.74, 6) is -0.666. The van der Waals surface area contributed by atoms with Gasteiger partial charge in [0.15, 0.2) is 22.1 Å². The molecule has 0 atom stereocenters. The monoisotopic (exact) mass is 329 g/mol. The molecule has 0 spiro atoms. The van der Waals surface area contributed by atoms with Gasteiger partial charge in [-0.25, -0.2) is 9.98 Å². The first-order valence-corrected chi connectivity index (χ1v) is 7.71. The maximum absolute atomic E-state index is 10.0. The lowest BCUT2D eigenvalue weighted by atomic mass is 10.1. The summed E-state index contributed by atoms with van der Waals surface area (Å²) in [5.41, 5.74) is 2.15. The number of phenolic OH excluding ortho intramolecular Hbond substituents is 3. The molecule has 0 bridgehead atoms. The van der Waals surface area contributed by atoms with Gasteiger partial charge in [-0.3, -0.25) is 0 Å². The van der Waals surface area contributed by atoms with Crippen LogP contribution in [0.25, 0.3) is 11.3 Å². The highest BCUT2D eigenvalue weighted by Crippen LogP contribution is 2.41. The molecule has 0 aliphatic carbocycles. The second-order valence-corrected chi connectivity index (χ2v) is 5.93. The number of phenols is 3. The molecular formula is C16H15N3O3S. The van der Waals surface area contributed by atoms with Crippen molar-refractivity contribution in [2.75, 3.05) is 0 Å². The van der Waals surface area contributed by atoms with Crippen molar-refractivity contribution in [2.45, 2.75) is 6.92 Å². The molecule has 3 aromatic rings. The van der Waals surface area contributed by atoms with E-state index >= 15 is 0 Å². The first kappa shape index (κ1) is 15.1. The summed E-state index contributed by atoms with van der Waals surface area (Å²) in [7, 11) is 1.81. The van der Waals surface area contributed by atoms with E-state index in [-0.39, 0.29) is 11.5 Å². The Labute approximate surface area is 136 Å². The quantitative estimate of drug-likeness (QED) is 0.631. The number of hydrogen-bond donors (Lipinski definition) is 3. The SMILES string of the molecule is Cc1ccc(N=c2scc(-c3ccc(O)c(O)c3O)n2C)nc1. The summed E-state index contributed by atoms with van der Waals surface area (Å²) in [5, 5.41) is 30.9. The summed E-state index contributed by atoms with van der Waals surface area (Å²) < 4.78 is 1.79. The lowest BCUT2D eigenvalue weighted by Crippen LogP contribution is -2.11. The van der Waals surface area contributed by atoms with E-state index in [2.05, 4.69) is 9.98 Å². The number of rotatable bonds is 2. The van der Waals surface area contributed by atoms with Crippen LogP contribution in [0.4, 0.5) is 5.82 Å². The minimum atomic E-state index is -0.535. The second kappa shape index (κ2) is 5.77. The number of pyridine rings is 1. The molecule has 2 heterocycles. The lowest BCUT2D eigenvalue weighted by molar-refractivity contribution is 0.369. The highest BCUT2D eigenvalue weighted by atomic mass is 32.1. The van der Waals surface area contributed by atoms with Gasteiger partial charge in [0.25, 0.3) is 0 Å². The maximum atomic E-state index is 10.0. The minimum absolute atomic E-state index is 0.363. The molecule has 0 saturated carbocycles. The topological polar surface area (TPSA) is 90.9 Å². The molecule has 1 aromatic carbocycles. The molecule has 6 nitrogen and oxygen atoms in total. The summed E-state index contributed by atoms with van der Waals surface area (Å²) in [6.07, 6.45) is 1.75. The van der Waals surface area contributed by atoms with Gasteiger partial charge in [0.1, 0.15) is 0 Å². The van der Waals surface area contributed by atoms with Gasteiger partial charge in [0.05, 0.1) is 5.69 Å². The van der Waals surface area contributed by atoms with Crippen molar-refractivity contribution >= 4 is 17.2 Å². The van der Waals surface area contributed by atoms with E-state index in [0.29, 0.717) is 21.9 Å². The molecule has 2 aromatic heterocycles. The van der Waals surface area contributed by atoms with Crippen molar-refractivity contribution in [1.82, 2.24) is 9.55 Å². The van der Waals surface area contributed by atoms with E-state index in [4.69, 9.17) is 0 Å². The van der Waals surface area contributed by atoms with E-state index in [1.165, 1.54) is 17.4 Å². The van der Waals surface area contributed by atoms with Crippen LogP contribution in [-0.2, 0) is 7.05 Å². The van der Waals surface area contributed by atoms with Gasteiger partial charge in [-0.2, -0.15) is 0 Å². The van der Waals surface area contributed by atoms with Gasteiger partial charge in [-0.15, -0.1) is 11.3 Å². The van der Waals surface area contributed by atoms with Crippen LogP contribution < -0.4 is 4.80 Å². The zero-order valence-electron chi connectivity index (χ0n) is 12.6. The molecule has 0 fully saturated rings. The smallest absolute Gasteiger partial charge is 0.200 e. The predicted molar refractivity (Wildman–Crippen MR) is 87.9 cm³/mol. The number of aryl methyl sites for hydroxylation is 1. The largest absolute Gasteiger partial charge is 0.504 e. The van der Waals surface area contributed by atoms with Gasteiger partial charge in [-0.05, 0) is 30.7 Å². The molecule has 0 aliphatic rings. The Hall–Kier alpha value is -2.80. The molecule has 3 N–H and O–H groups in total. The molecule has 0 saturated heterocycles. The fourth-order valence-electron chi connectivity index (χ4n) is 2.12. The Balaban J connectivity index is 2.10. The van der Waals surface area contributed by atoms with E-state index < -0.39 is 5.75 Å². The normalized spacial score (nSPS) is 11.8. The van der Waals surface area contributed by atoms with Gasteiger partial charge >= 0.3 is 0 Å². The average Bonchev–Trinajstić information content (AvgIpc) is 2.89. The van der Waals surface area contributed by atoms with Crippen LogP contribution in [0.15, 0.2) is 40.8 Å². The van der Waals surface area contributed by atoms with Crippen LogP contribution >= 0.6 is 11.3 Å². The molecule has 0 aliphatic heterocycles. The maximum Gasteiger partial charge on any atom is 0.200 e. The Kier molecular flexibility index (Phi) is 3.79. The van der Waals surface area contributed by atoms with E-state index in [1.54, 1.807) is 16.8 Å². The standard InChI is InChI=1S/C16H15N3O3S/c1-9-3-6-13(17-7-9)18-16-19(2)11(8-23-16)10-4-5-12(20)15(22)14(10)21/h3-8,20-22H,1-2H3. The molecule has 0 unspecified atom stereocenters. The van der Waals surface area contributed by atoms with Crippen molar-refractivity contribution in [3.63, 3.8) is 0 Å². The Morgan fingerprint density at radius 2 is 1.87 bits per heavy atom. The Bertz CT molecular complexity index is 927. The number of thiazole rings is 1. The highest BCUT2D eigenvalue weighted by molar-refractivity contribution is 7.07. The Morgan fingerprint density at radius 1 is 1.09 bits per heavy atom. The molecular weight excluding hydrogens is 314 g/mol. The third kappa shape index (κ3) is 2.78. The van der Waals surface area contributed by atoms with Gasteiger partial charge in [0.2, 0.25) is 5.75 Å². The first-order valence-electron chi connectivity index (χ1n) is 6.83. The number of nitrogens with zero attached hydrogens (tertiary/aromatic N) is 3. The van der Waals surface area contributed by atoms with Crippen LogP contribution in [0.5, 0.6) is 17.2 Å². The van der Waals surface area contributed by atoms with Gasteiger partial charge in [0, 0.05) is 24.2 Å². The summed E-state index contributed by atoms with van der Waals surface area (Å²) >= 11 is 1.39. The molecule has 118 valence electrons. The summed E-state index contributed by atoms with van der Waals surface area (Å²) in [6.45, 7) is 1.96. The third-order valence-electron chi connectivity index (χ3n) is 3.44. The number of hydrogen-bond acceptors (Lipinski definition) is 6. The zero-order chi connectivity index (χ0) is 16.6. The zero-order valence-corrected chi connectivity index (χ0v) is 13.4. The van der Waals surface area contributed by atoms with E-state index in [1.807, 2.05) is 31.5 Å². The van der Waals surface area contributed by atoms with Gasteiger partial charge < -0.3 is 19.9 Å². The molecule has 0 amide bonds. The van der Waals surface area contributed by atoms with Crippen molar-refractivity contribution < 1.29 is 15.3 Å². The van der Waals surface area contributed by atoms with E-state index in [0.717, 1.165) is 5.56 Å².